The molecule has 3 N–H and O–H groups in total. The first-order valence-electron chi connectivity index (χ1n) is 12.0. The number of nitrogens with one attached hydrogen (secondary N) is 1. The van der Waals surface area contributed by atoms with Crippen molar-refractivity contribution in [3.8, 4) is 0 Å². The smallest absolute Gasteiger partial charge is 0.251 e. The molecule has 0 aromatic heterocycles. The van der Waals surface area contributed by atoms with E-state index in [0.717, 1.165) is 5.69 Å². The molecule has 4 rings (SSSR count). The molecule has 3 fully saturated rings. The van der Waals surface area contributed by atoms with Crippen LogP contribution in [0.5, 0.6) is 0 Å². The van der Waals surface area contributed by atoms with Gasteiger partial charge in [-0.2, -0.15) is 0 Å². The molecular weight excluding hydrogens is 434 g/mol. The van der Waals surface area contributed by atoms with Gasteiger partial charge in [0.1, 0.15) is 12.1 Å². The maximum Gasteiger partial charge on any atom is 0.251 e. The van der Waals surface area contributed by atoms with Gasteiger partial charge in [-0.3, -0.25) is 19.2 Å². The van der Waals surface area contributed by atoms with E-state index in [0.29, 0.717) is 37.8 Å². The van der Waals surface area contributed by atoms with Gasteiger partial charge >= 0.3 is 0 Å². The van der Waals surface area contributed by atoms with Crippen LogP contribution < -0.4 is 16.0 Å². The number of amides is 3. The molecule has 2 unspecified atom stereocenters. The third kappa shape index (κ3) is 4.53. The molecule has 0 radical (unpaired) electrons. The summed E-state index contributed by atoms with van der Waals surface area (Å²) in [5.41, 5.74) is 6.70. The topological polar surface area (TPSA) is 116 Å². The first kappa shape index (κ1) is 24.2. The van der Waals surface area contributed by atoms with E-state index in [2.05, 4.69) is 5.32 Å². The van der Waals surface area contributed by atoms with Gasteiger partial charge in [-0.05, 0) is 55.9 Å². The van der Waals surface area contributed by atoms with Gasteiger partial charge in [-0.1, -0.05) is 13.8 Å². The Bertz CT molecular complexity index is 986. The molecule has 0 spiro atoms. The maximum absolute atomic E-state index is 13.6. The molecule has 34 heavy (non-hydrogen) atoms. The molecule has 2 saturated heterocycles. The summed E-state index contributed by atoms with van der Waals surface area (Å²) in [7, 11) is 3.85. The lowest BCUT2D eigenvalue weighted by molar-refractivity contribution is -0.138. The van der Waals surface area contributed by atoms with Crippen LogP contribution in [0, 0.1) is 5.92 Å². The Balaban J connectivity index is 1.48. The normalized spacial score (nSPS) is 23.6. The van der Waals surface area contributed by atoms with Crippen molar-refractivity contribution in [3.63, 3.8) is 0 Å². The summed E-state index contributed by atoms with van der Waals surface area (Å²) in [4.78, 5) is 57.4. The lowest BCUT2D eigenvalue weighted by atomic mass is 10.0. The van der Waals surface area contributed by atoms with Gasteiger partial charge < -0.3 is 25.8 Å². The lowest BCUT2D eigenvalue weighted by Gasteiger charge is -2.29. The van der Waals surface area contributed by atoms with Crippen molar-refractivity contribution in [3.05, 3.63) is 29.8 Å². The van der Waals surface area contributed by atoms with Crippen LogP contribution in [0.2, 0.25) is 0 Å². The number of nitrogens with two attached hydrogens (primary N) is 1. The summed E-state index contributed by atoms with van der Waals surface area (Å²) in [6.07, 6.45) is 2.26. The Morgan fingerprint density at radius 1 is 1.15 bits per heavy atom. The highest BCUT2D eigenvalue weighted by Gasteiger charge is 2.57. The number of fused-ring (bicyclic) bond motifs is 1. The third-order valence-corrected chi connectivity index (χ3v) is 7.14. The summed E-state index contributed by atoms with van der Waals surface area (Å²) in [5.74, 6) is -0.754. The van der Waals surface area contributed by atoms with Gasteiger partial charge in [0.25, 0.3) is 5.91 Å². The number of rotatable bonds is 7. The number of benzene rings is 1. The fourth-order valence-corrected chi connectivity index (χ4v) is 5.02. The number of carbonyl (C=O) groups excluding carboxylic acids is 4. The third-order valence-electron chi connectivity index (χ3n) is 7.14. The van der Waals surface area contributed by atoms with Crippen molar-refractivity contribution in [2.24, 2.45) is 11.7 Å². The zero-order valence-electron chi connectivity index (χ0n) is 20.4. The maximum atomic E-state index is 13.6. The second kappa shape index (κ2) is 9.02. The van der Waals surface area contributed by atoms with Crippen molar-refractivity contribution in [1.29, 1.82) is 0 Å². The summed E-state index contributed by atoms with van der Waals surface area (Å²) in [6.45, 7) is 4.35. The van der Waals surface area contributed by atoms with E-state index in [4.69, 9.17) is 5.73 Å². The molecule has 1 aromatic rings. The fraction of sp³-hybridized carbons (Fsp3) is 0.600. The number of ketones is 1. The minimum atomic E-state index is -0.844. The molecule has 3 aliphatic rings. The molecule has 184 valence electrons. The Kier molecular flexibility index (Phi) is 6.42. The summed E-state index contributed by atoms with van der Waals surface area (Å²) >= 11 is 0. The minimum absolute atomic E-state index is 0.00364. The van der Waals surface area contributed by atoms with Crippen molar-refractivity contribution in [2.75, 3.05) is 32.1 Å². The van der Waals surface area contributed by atoms with Crippen LogP contribution in [-0.4, -0.2) is 84.2 Å². The Hall–Kier alpha value is -2.94. The summed E-state index contributed by atoms with van der Waals surface area (Å²) < 4.78 is 0. The van der Waals surface area contributed by atoms with E-state index in [9.17, 15) is 19.2 Å². The Morgan fingerprint density at radius 3 is 2.35 bits per heavy atom. The van der Waals surface area contributed by atoms with Crippen LogP contribution in [0.4, 0.5) is 5.69 Å². The number of hydrogen-bond acceptors (Lipinski definition) is 6. The highest BCUT2D eigenvalue weighted by molar-refractivity contribution is 6.02. The molecule has 1 aliphatic carbocycles. The quantitative estimate of drug-likeness (QED) is 0.609. The molecule has 0 bridgehead atoms. The number of carbonyl (C=O) groups is 4. The van der Waals surface area contributed by atoms with E-state index >= 15 is 0 Å². The number of Topliss-reactive ketones (excluding diaryl/α,β-unsaturated/α-hetero) is 1. The van der Waals surface area contributed by atoms with E-state index < -0.39 is 17.6 Å². The molecule has 1 saturated carbocycles. The van der Waals surface area contributed by atoms with Crippen LogP contribution in [0.1, 0.15) is 49.9 Å². The van der Waals surface area contributed by atoms with Gasteiger partial charge in [0, 0.05) is 31.9 Å². The van der Waals surface area contributed by atoms with Crippen LogP contribution in [0.25, 0.3) is 0 Å². The predicted octanol–water partition coefficient (Wildman–Crippen LogP) is 0.769. The zero-order valence-corrected chi connectivity index (χ0v) is 20.4. The SMILES string of the molecule is CC(C)C[C@H](NC(=O)c1ccc(N(C)C)cc1)C(=O)N1CCC2C1C(=O)CN2C(=O)C1(N)CC1. The van der Waals surface area contributed by atoms with E-state index in [1.807, 2.05) is 45.0 Å². The van der Waals surface area contributed by atoms with E-state index in [1.165, 1.54) is 0 Å². The van der Waals surface area contributed by atoms with Crippen molar-refractivity contribution < 1.29 is 19.2 Å². The van der Waals surface area contributed by atoms with Crippen molar-refractivity contribution in [1.82, 2.24) is 15.1 Å². The first-order chi connectivity index (χ1) is 16.0. The lowest BCUT2D eigenvalue weighted by Crippen LogP contribution is -2.53. The zero-order chi connectivity index (χ0) is 24.8. The Morgan fingerprint density at radius 2 is 1.79 bits per heavy atom. The highest BCUT2D eigenvalue weighted by atomic mass is 16.2. The van der Waals surface area contributed by atoms with Crippen molar-refractivity contribution in [2.45, 2.75) is 63.2 Å². The van der Waals surface area contributed by atoms with E-state index in [1.54, 1.807) is 21.9 Å². The second-order valence-electron chi connectivity index (χ2n) is 10.5. The summed E-state index contributed by atoms with van der Waals surface area (Å²) in [6, 6.07) is 5.43. The molecule has 2 heterocycles. The fourth-order valence-electron chi connectivity index (χ4n) is 5.02. The minimum Gasteiger partial charge on any atom is -0.378 e. The van der Waals surface area contributed by atoms with Gasteiger partial charge in [0.15, 0.2) is 5.78 Å². The molecule has 3 amide bonds. The number of nitrogens with zero attached hydrogens (tertiary/aromatic N) is 3. The van der Waals surface area contributed by atoms with Crippen LogP contribution in [0.15, 0.2) is 24.3 Å². The predicted molar refractivity (Wildman–Crippen MR) is 128 cm³/mol. The van der Waals surface area contributed by atoms with Gasteiger partial charge in [-0.15, -0.1) is 0 Å². The van der Waals surface area contributed by atoms with Gasteiger partial charge in [0.05, 0.1) is 18.1 Å². The molecular formula is C25H35N5O4. The monoisotopic (exact) mass is 469 g/mol. The molecule has 9 nitrogen and oxygen atoms in total. The molecule has 9 heteroatoms. The van der Waals surface area contributed by atoms with Crippen LogP contribution in [-0.2, 0) is 14.4 Å². The molecule has 3 atom stereocenters. The van der Waals surface area contributed by atoms with Crippen LogP contribution >= 0.6 is 0 Å². The average molecular weight is 470 g/mol. The number of hydrogen-bond donors (Lipinski definition) is 2. The van der Waals surface area contributed by atoms with E-state index in [-0.39, 0.29) is 42.0 Å². The largest absolute Gasteiger partial charge is 0.378 e. The average Bonchev–Trinajstić information content (AvgIpc) is 3.26. The second-order valence-corrected chi connectivity index (χ2v) is 10.5. The van der Waals surface area contributed by atoms with Gasteiger partial charge in [-0.25, -0.2) is 0 Å². The highest BCUT2D eigenvalue weighted by Crippen LogP contribution is 2.38. The summed E-state index contributed by atoms with van der Waals surface area (Å²) in [5, 5.41) is 2.90. The van der Waals surface area contributed by atoms with Crippen molar-refractivity contribution >= 4 is 29.2 Å². The number of anilines is 1. The number of likely N-dealkylation sites (tertiary alicyclic amines) is 2. The standard InChI is InChI=1S/C25H35N5O4/c1-15(2)13-18(27-22(32)16-5-7-17(8-6-16)28(3)4)23(33)29-12-9-19-21(29)20(31)14-30(19)24(34)25(26)10-11-25/h5-8,15,18-19,21H,9-14,26H2,1-4H3,(H,27,32)/t18-,19?,21?/m0/s1. The van der Waals surface area contributed by atoms with Crippen LogP contribution in [0.3, 0.4) is 0 Å². The first-order valence-corrected chi connectivity index (χ1v) is 12.0. The van der Waals surface area contributed by atoms with Gasteiger partial charge in [0.2, 0.25) is 11.8 Å². The molecule has 1 aromatic carbocycles. The molecule has 2 aliphatic heterocycles. The Labute approximate surface area is 200 Å².